The van der Waals surface area contributed by atoms with E-state index < -0.39 is 50.7 Å². The summed E-state index contributed by atoms with van der Waals surface area (Å²) in [5.74, 6) is -2.92. The van der Waals surface area contributed by atoms with Crippen molar-refractivity contribution < 1.29 is 41.9 Å². The predicted molar refractivity (Wildman–Crippen MR) is 149 cm³/mol. The van der Waals surface area contributed by atoms with Gasteiger partial charge in [0.15, 0.2) is 9.84 Å². The first-order valence-corrected chi connectivity index (χ1v) is 15.8. The van der Waals surface area contributed by atoms with Gasteiger partial charge in [0.1, 0.15) is 18.1 Å². The molecule has 42 heavy (non-hydrogen) atoms. The summed E-state index contributed by atoms with van der Waals surface area (Å²) in [6, 6.07) is 9.72. The van der Waals surface area contributed by atoms with Crippen LogP contribution >= 0.6 is 11.8 Å². The number of ether oxygens (including phenoxy) is 2. The standard InChI is InChI=1S/C28H29FN2O9S2/c1-15-24-23(16(2)32)27(33)30(24)25(28(34)40-12-17-3-7-19(8-4-17)31(35)36)26(15)41-21-11-20(39-13-21)14-42(37,38)22-9-5-18(29)6-10-22/h3-10,15-16,20-21,23-24,32H,11-14H2,1-2H3. The number of nitro groups is 1. The minimum atomic E-state index is -3.72. The number of amides is 1. The van der Waals surface area contributed by atoms with Crippen LogP contribution in [0.15, 0.2) is 64.0 Å². The van der Waals surface area contributed by atoms with Crippen molar-refractivity contribution in [2.75, 3.05) is 12.4 Å². The highest BCUT2D eigenvalue weighted by molar-refractivity contribution is 8.03. The first kappa shape index (κ1) is 30.1. The third-order valence-electron chi connectivity index (χ3n) is 7.73. The number of non-ortho nitro benzene ring substituents is 1. The number of thioether (sulfide) groups is 1. The molecule has 0 radical (unpaired) electrons. The van der Waals surface area contributed by atoms with Gasteiger partial charge < -0.3 is 19.5 Å². The molecule has 3 heterocycles. The van der Waals surface area contributed by atoms with Gasteiger partial charge in [0.05, 0.1) is 46.3 Å². The van der Waals surface area contributed by atoms with E-state index in [9.17, 15) is 37.6 Å². The number of nitrogens with zero attached hydrogens (tertiary/aromatic N) is 2. The van der Waals surface area contributed by atoms with E-state index >= 15 is 0 Å². The maximum Gasteiger partial charge on any atom is 0.356 e. The molecule has 0 spiro atoms. The summed E-state index contributed by atoms with van der Waals surface area (Å²) < 4.78 is 50.2. The minimum Gasteiger partial charge on any atom is -0.456 e. The average molecular weight is 621 g/mol. The molecule has 0 aliphatic carbocycles. The van der Waals surface area contributed by atoms with Crippen LogP contribution in [0.1, 0.15) is 25.8 Å². The molecule has 0 bridgehead atoms. The Kier molecular flexibility index (Phi) is 8.43. The Morgan fingerprint density at radius 1 is 1.24 bits per heavy atom. The van der Waals surface area contributed by atoms with Gasteiger partial charge in [-0.2, -0.15) is 0 Å². The summed E-state index contributed by atoms with van der Waals surface area (Å²) in [6.45, 7) is 3.44. The van der Waals surface area contributed by atoms with E-state index in [-0.39, 0.29) is 52.3 Å². The first-order chi connectivity index (χ1) is 19.9. The number of carbonyl (C=O) groups excluding carboxylic acids is 2. The van der Waals surface area contributed by atoms with Gasteiger partial charge in [0.25, 0.3) is 5.69 Å². The molecule has 224 valence electrons. The lowest BCUT2D eigenvalue weighted by Gasteiger charge is -2.46. The van der Waals surface area contributed by atoms with E-state index in [4.69, 9.17) is 9.47 Å². The molecule has 11 nitrogen and oxygen atoms in total. The topological polar surface area (TPSA) is 153 Å². The predicted octanol–water partition coefficient (Wildman–Crippen LogP) is 3.21. The highest BCUT2D eigenvalue weighted by Crippen LogP contribution is 2.52. The summed E-state index contributed by atoms with van der Waals surface area (Å²) in [6.07, 6.45) is -1.17. The number of rotatable bonds is 10. The fourth-order valence-corrected chi connectivity index (χ4v) is 8.56. The Bertz CT molecular complexity index is 1530. The van der Waals surface area contributed by atoms with Crippen LogP contribution in [0.4, 0.5) is 10.1 Å². The molecule has 2 fully saturated rings. The largest absolute Gasteiger partial charge is 0.456 e. The normalized spacial score (nSPS) is 26.1. The maximum atomic E-state index is 13.4. The molecule has 14 heteroatoms. The van der Waals surface area contributed by atoms with Gasteiger partial charge in [-0.15, -0.1) is 11.8 Å². The lowest BCUT2D eigenvalue weighted by Crippen LogP contribution is -2.63. The van der Waals surface area contributed by atoms with E-state index in [1.165, 1.54) is 60.0 Å². The minimum absolute atomic E-state index is 0.000770. The van der Waals surface area contributed by atoms with Crippen LogP contribution in [0.5, 0.6) is 0 Å². The Morgan fingerprint density at radius 2 is 1.90 bits per heavy atom. The molecule has 1 N–H and O–H groups in total. The van der Waals surface area contributed by atoms with Crippen molar-refractivity contribution in [3.8, 4) is 0 Å². The lowest BCUT2D eigenvalue weighted by molar-refractivity contribution is -0.384. The Morgan fingerprint density at radius 3 is 2.52 bits per heavy atom. The molecule has 6 atom stereocenters. The number of aliphatic hydroxyl groups excluding tert-OH is 1. The molecule has 3 aliphatic rings. The van der Waals surface area contributed by atoms with Crippen LogP contribution < -0.4 is 0 Å². The number of fused-ring (bicyclic) bond motifs is 1. The average Bonchev–Trinajstić information content (AvgIpc) is 3.47. The zero-order chi connectivity index (χ0) is 30.3. The number of benzene rings is 2. The molecule has 2 aromatic carbocycles. The number of hydrogen-bond acceptors (Lipinski definition) is 10. The van der Waals surface area contributed by atoms with E-state index in [2.05, 4.69) is 0 Å². The van der Waals surface area contributed by atoms with Crippen LogP contribution in [0.3, 0.4) is 0 Å². The Labute approximate surface area is 245 Å². The Balaban J connectivity index is 1.31. The number of aliphatic hydroxyl groups is 1. The number of sulfone groups is 1. The molecule has 1 amide bonds. The second kappa shape index (κ2) is 11.7. The van der Waals surface area contributed by atoms with Crippen LogP contribution in [-0.2, 0) is 35.5 Å². The number of halogens is 1. The second-order valence-corrected chi connectivity index (χ2v) is 14.0. The third-order valence-corrected chi connectivity index (χ3v) is 11.0. The zero-order valence-corrected chi connectivity index (χ0v) is 24.3. The number of β-lactam (4-membered cyclic amide) rings is 1. The van der Waals surface area contributed by atoms with E-state index in [0.717, 1.165) is 12.1 Å². The Hall–Kier alpha value is -3.33. The maximum absolute atomic E-state index is 13.4. The molecule has 6 unspecified atom stereocenters. The van der Waals surface area contributed by atoms with Crippen molar-refractivity contribution >= 4 is 39.2 Å². The highest BCUT2D eigenvalue weighted by atomic mass is 32.2. The van der Waals surface area contributed by atoms with Crippen molar-refractivity contribution in [1.82, 2.24) is 4.90 Å². The summed E-state index contributed by atoms with van der Waals surface area (Å²) in [5.41, 5.74) is 0.512. The fourth-order valence-electron chi connectivity index (χ4n) is 5.63. The van der Waals surface area contributed by atoms with Gasteiger partial charge in [0.2, 0.25) is 5.91 Å². The van der Waals surface area contributed by atoms with Gasteiger partial charge in [-0.05, 0) is 55.3 Å². The van der Waals surface area contributed by atoms with Crippen molar-refractivity contribution in [2.24, 2.45) is 11.8 Å². The zero-order valence-electron chi connectivity index (χ0n) is 22.7. The molecule has 2 aromatic rings. The van der Waals surface area contributed by atoms with Gasteiger partial charge in [0, 0.05) is 28.2 Å². The molecule has 5 rings (SSSR count). The third kappa shape index (κ3) is 5.80. The van der Waals surface area contributed by atoms with Crippen molar-refractivity contribution in [3.05, 3.63) is 80.6 Å². The quantitative estimate of drug-likeness (QED) is 0.138. The van der Waals surface area contributed by atoms with Gasteiger partial charge in [-0.25, -0.2) is 17.6 Å². The van der Waals surface area contributed by atoms with Gasteiger partial charge in [-0.3, -0.25) is 14.9 Å². The number of nitro benzene ring substituents is 1. The number of carbonyl (C=O) groups is 2. The van der Waals surface area contributed by atoms with Crippen molar-refractivity contribution in [2.45, 2.75) is 55.3 Å². The fraction of sp³-hybridized carbons (Fsp3) is 0.429. The van der Waals surface area contributed by atoms with Crippen LogP contribution in [0, 0.1) is 27.8 Å². The molecular weight excluding hydrogens is 591 g/mol. The van der Waals surface area contributed by atoms with E-state index in [0.29, 0.717) is 16.9 Å². The molecular formula is C28H29FN2O9S2. The SMILES string of the molecule is CC(O)C1C(=O)N2C(C(=O)OCc3ccc([N+](=O)[O-])cc3)=C(SC3COC(CS(=O)(=O)c4ccc(F)cc4)C3)C(C)C12. The van der Waals surface area contributed by atoms with E-state index in [1.807, 2.05) is 6.92 Å². The van der Waals surface area contributed by atoms with Gasteiger partial charge in [-0.1, -0.05) is 6.92 Å². The number of hydrogen-bond donors (Lipinski definition) is 1. The molecule has 3 aliphatic heterocycles. The first-order valence-electron chi connectivity index (χ1n) is 13.3. The van der Waals surface area contributed by atoms with Crippen LogP contribution in [-0.4, -0.2) is 71.1 Å². The second-order valence-electron chi connectivity index (χ2n) is 10.6. The van der Waals surface area contributed by atoms with Crippen molar-refractivity contribution in [1.29, 1.82) is 0 Å². The molecule has 0 saturated carbocycles. The number of esters is 1. The lowest BCUT2D eigenvalue weighted by atomic mass is 9.79. The van der Waals surface area contributed by atoms with Crippen LogP contribution in [0.2, 0.25) is 0 Å². The summed E-state index contributed by atoms with van der Waals surface area (Å²) in [5, 5.41) is 20.9. The summed E-state index contributed by atoms with van der Waals surface area (Å²) >= 11 is 1.34. The molecule has 2 saturated heterocycles. The van der Waals surface area contributed by atoms with Gasteiger partial charge >= 0.3 is 5.97 Å². The van der Waals surface area contributed by atoms with Crippen LogP contribution in [0.25, 0.3) is 0 Å². The molecule has 0 aromatic heterocycles. The highest BCUT2D eigenvalue weighted by Gasteiger charge is 2.60. The summed E-state index contributed by atoms with van der Waals surface area (Å²) in [7, 11) is -3.72. The van der Waals surface area contributed by atoms with E-state index in [1.54, 1.807) is 0 Å². The summed E-state index contributed by atoms with van der Waals surface area (Å²) in [4.78, 5) is 38.7. The van der Waals surface area contributed by atoms with Crippen molar-refractivity contribution in [3.63, 3.8) is 0 Å². The smallest absolute Gasteiger partial charge is 0.356 e. The monoisotopic (exact) mass is 620 g/mol.